The van der Waals surface area contributed by atoms with Gasteiger partial charge in [-0.25, -0.2) is 0 Å². The Hall–Kier alpha value is -1.56. The molecule has 3 N–H and O–H groups in total. The van der Waals surface area contributed by atoms with Crippen LogP contribution in [-0.2, 0) is 7.05 Å². The molecule has 0 bridgehead atoms. The Morgan fingerprint density at radius 1 is 1.50 bits per heavy atom. The molecule has 0 aromatic carbocycles. The van der Waals surface area contributed by atoms with Crippen molar-refractivity contribution in [2.75, 3.05) is 18.8 Å². The van der Waals surface area contributed by atoms with Gasteiger partial charge in [0.15, 0.2) is 5.69 Å². The molecule has 1 aromatic rings. The molecule has 0 saturated carbocycles. The van der Waals surface area contributed by atoms with Gasteiger partial charge in [-0.1, -0.05) is 0 Å². The van der Waals surface area contributed by atoms with Gasteiger partial charge in [-0.15, -0.1) is 0 Å². The highest BCUT2D eigenvalue weighted by Gasteiger charge is 2.29. The van der Waals surface area contributed by atoms with Crippen molar-refractivity contribution in [3.63, 3.8) is 0 Å². The Morgan fingerprint density at radius 3 is 2.83 bits per heavy atom. The molecule has 6 heteroatoms. The zero-order valence-corrected chi connectivity index (χ0v) is 10.9. The predicted molar refractivity (Wildman–Crippen MR) is 68.0 cm³/mol. The van der Waals surface area contributed by atoms with Crippen molar-refractivity contribution in [3.8, 4) is 0 Å². The number of hydrogen-bond acceptors (Lipinski definition) is 4. The van der Waals surface area contributed by atoms with E-state index in [4.69, 9.17) is 5.73 Å². The molecule has 1 aliphatic rings. The van der Waals surface area contributed by atoms with E-state index in [0.717, 1.165) is 6.42 Å². The van der Waals surface area contributed by atoms with Crippen molar-refractivity contribution in [2.24, 2.45) is 7.05 Å². The number of hydrogen-bond donors (Lipinski definition) is 2. The minimum atomic E-state index is -0.676. The quantitative estimate of drug-likeness (QED) is 0.756. The van der Waals surface area contributed by atoms with Gasteiger partial charge in [-0.05, 0) is 26.2 Å². The Balaban J connectivity index is 2.12. The zero-order chi connectivity index (χ0) is 13.3. The molecule has 1 atom stereocenters. The highest BCUT2D eigenvalue weighted by atomic mass is 16.3. The average Bonchev–Trinajstić information content (AvgIpc) is 2.50. The monoisotopic (exact) mass is 252 g/mol. The molecule has 6 nitrogen and oxygen atoms in total. The lowest BCUT2D eigenvalue weighted by atomic mass is 9.98. The van der Waals surface area contributed by atoms with Gasteiger partial charge in [0.1, 0.15) is 0 Å². The average molecular weight is 252 g/mol. The Morgan fingerprint density at radius 2 is 2.22 bits per heavy atom. The molecule has 1 amide bonds. The van der Waals surface area contributed by atoms with E-state index in [1.807, 2.05) is 6.92 Å². The number of anilines is 1. The highest BCUT2D eigenvalue weighted by molar-refractivity contribution is 5.97. The first-order chi connectivity index (χ1) is 8.39. The Labute approximate surface area is 106 Å². The summed E-state index contributed by atoms with van der Waals surface area (Å²) in [5.74, 6) is -0.147. The van der Waals surface area contributed by atoms with Crippen molar-refractivity contribution in [2.45, 2.75) is 31.8 Å². The number of nitrogen functional groups attached to an aromatic ring is 1. The van der Waals surface area contributed by atoms with Gasteiger partial charge in [0.2, 0.25) is 0 Å². The Kier molecular flexibility index (Phi) is 3.30. The summed E-state index contributed by atoms with van der Waals surface area (Å²) in [5, 5.41) is 14.1. The van der Waals surface area contributed by atoms with Gasteiger partial charge in [-0.2, -0.15) is 5.10 Å². The third kappa shape index (κ3) is 2.64. The summed E-state index contributed by atoms with van der Waals surface area (Å²) >= 11 is 0. The van der Waals surface area contributed by atoms with E-state index >= 15 is 0 Å². The largest absolute Gasteiger partial charge is 0.396 e. The van der Waals surface area contributed by atoms with Gasteiger partial charge in [0.25, 0.3) is 5.91 Å². The van der Waals surface area contributed by atoms with Gasteiger partial charge in [0, 0.05) is 26.3 Å². The number of aryl methyl sites for hydroxylation is 1. The molecule has 0 spiro atoms. The number of carbonyl (C=O) groups excluding carboxylic acids is 1. The standard InChI is InChI=1S/C12H20N4O2/c1-12(18)4-3-6-16(7-5-12)11(17)10-9(13)8-15(2)14-10/h8,18H,3-7,13H2,1-2H3. The van der Waals surface area contributed by atoms with E-state index in [2.05, 4.69) is 5.10 Å². The second kappa shape index (κ2) is 4.61. The van der Waals surface area contributed by atoms with Crippen molar-refractivity contribution in [1.82, 2.24) is 14.7 Å². The van der Waals surface area contributed by atoms with E-state index in [0.29, 0.717) is 37.3 Å². The molecular formula is C12H20N4O2. The normalized spacial score (nSPS) is 24.9. The number of nitrogens with two attached hydrogens (primary N) is 1. The Bertz CT molecular complexity index is 453. The number of aromatic nitrogens is 2. The molecule has 2 rings (SSSR count). The maximum Gasteiger partial charge on any atom is 0.276 e. The van der Waals surface area contributed by atoms with E-state index in [1.165, 1.54) is 4.68 Å². The SMILES string of the molecule is Cn1cc(N)c(C(=O)N2CCCC(C)(O)CC2)n1. The van der Waals surface area contributed by atoms with Gasteiger partial charge >= 0.3 is 0 Å². The molecule has 1 saturated heterocycles. The van der Waals surface area contributed by atoms with Crippen LogP contribution in [0.1, 0.15) is 36.7 Å². The van der Waals surface area contributed by atoms with Crippen molar-refractivity contribution in [1.29, 1.82) is 0 Å². The molecule has 100 valence electrons. The summed E-state index contributed by atoms with van der Waals surface area (Å²) in [7, 11) is 1.74. The highest BCUT2D eigenvalue weighted by Crippen LogP contribution is 2.23. The number of amides is 1. The number of carbonyl (C=O) groups is 1. The lowest BCUT2D eigenvalue weighted by molar-refractivity contribution is 0.0437. The summed E-state index contributed by atoms with van der Waals surface area (Å²) in [6.45, 7) is 3.00. The molecule has 1 unspecified atom stereocenters. The van der Waals surface area contributed by atoms with Crippen LogP contribution >= 0.6 is 0 Å². The molecule has 0 radical (unpaired) electrons. The molecule has 2 heterocycles. The van der Waals surface area contributed by atoms with Gasteiger partial charge in [0.05, 0.1) is 11.3 Å². The van der Waals surface area contributed by atoms with Crippen molar-refractivity contribution >= 4 is 11.6 Å². The van der Waals surface area contributed by atoms with Crippen LogP contribution in [0.5, 0.6) is 0 Å². The molecule has 1 fully saturated rings. The summed E-state index contributed by atoms with van der Waals surface area (Å²) in [5.41, 5.74) is 5.79. The number of likely N-dealkylation sites (tertiary alicyclic amines) is 1. The first kappa shape index (κ1) is 12.9. The molecule has 1 aliphatic heterocycles. The number of rotatable bonds is 1. The maximum atomic E-state index is 12.3. The van der Waals surface area contributed by atoms with Crippen LogP contribution in [0.3, 0.4) is 0 Å². The fourth-order valence-corrected chi connectivity index (χ4v) is 2.29. The molecule has 18 heavy (non-hydrogen) atoms. The maximum absolute atomic E-state index is 12.3. The molecule has 0 aliphatic carbocycles. The van der Waals surface area contributed by atoms with Crippen LogP contribution in [0.25, 0.3) is 0 Å². The van der Waals surface area contributed by atoms with Crippen LogP contribution in [0.4, 0.5) is 5.69 Å². The number of aliphatic hydroxyl groups is 1. The summed E-state index contributed by atoms with van der Waals surface area (Å²) < 4.78 is 1.54. The lowest BCUT2D eigenvalue weighted by Crippen LogP contribution is -2.34. The van der Waals surface area contributed by atoms with Crippen LogP contribution in [0.2, 0.25) is 0 Å². The first-order valence-corrected chi connectivity index (χ1v) is 6.20. The summed E-state index contributed by atoms with van der Waals surface area (Å²) in [6, 6.07) is 0. The van der Waals surface area contributed by atoms with Gasteiger partial charge in [-0.3, -0.25) is 9.48 Å². The fourth-order valence-electron chi connectivity index (χ4n) is 2.29. The second-order valence-corrected chi connectivity index (χ2v) is 5.25. The van der Waals surface area contributed by atoms with E-state index < -0.39 is 5.60 Å². The molecule has 1 aromatic heterocycles. The van der Waals surface area contributed by atoms with Crippen LogP contribution < -0.4 is 5.73 Å². The summed E-state index contributed by atoms with van der Waals surface area (Å²) in [4.78, 5) is 14.0. The van der Waals surface area contributed by atoms with Crippen LogP contribution in [0.15, 0.2) is 6.20 Å². The van der Waals surface area contributed by atoms with E-state index in [1.54, 1.807) is 18.1 Å². The second-order valence-electron chi connectivity index (χ2n) is 5.25. The minimum Gasteiger partial charge on any atom is -0.396 e. The van der Waals surface area contributed by atoms with Gasteiger partial charge < -0.3 is 15.7 Å². The third-order valence-corrected chi connectivity index (χ3v) is 3.41. The van der Waals surface area contributed by atoms with Crippen LogP contribution in [-0.4, -0.2) is 44.4 Å². The topological polar surface area (TPSA) is 84.4 Å². The lowest BCUT2D eigenvalue weighted by Gasteiger charge is -2.22. The number of nitrogens with zero attached hydrogens (tertiary/aromatic N) is 3. The summed E-state index contributed by atoms with van der Waals surface area (Å²) in [6.07, 6.45) is 3.73. The first-order valence-electron chi connectivity index (χ1n) is 6.20. The van der Waals surface area contributed by atoms with Crippen molar-refractivity contribution in [3.05, 3.63) is 11.9 Å². The molecular weight excluding hydrogens is 232 g/mol. The van der Waals surface area contributed by atoms with E-state index in [9.17, 15) is 9.90 Å². The smallest absolute Gasteiger partial charge is 0.276 e. The van der Waals surface area contributed by atoms with Crippen molar-refractivity contribution < 1.29 is 9.90 Å². The van der Waals surface area contributed by atoms with Crippen LogP contribution in [0, 0.1) is 0 Å². The minimum absolute atomic E-state index is 0.147. The fraction of sp³-hybridized carbons (Fsp3) is 0.667. The third-order valence-electron chi connectivity index (χ3n) is 3.41. The van der Waals surface area contributed by atoms with E-state index in [-0.39, 0.29) is 5.91 Å². The predicted octanol–water partition coefficient (Wildman–Crippen LogP) is 0.379. The zero-order valence-electron chi connectivity index (χ0n) is 10.9.